The smallest absolute Gasteiger partial charge is 0.407 e. The molecule has 0 aromatic heterocycles. The first-order valence-electron chi connectivity index (χ1n) is 9.89. The molecule has 7 nitrogen and oxygen atoms in total. The number of amides is 2. The Morgan fingerprint density at radius 3 is 2.10 bits per heavy atom. The maximum absolute atomic E-state index is 12.3. The van der Waals surface area contributed by atoms with E-state index in [1.807, 2.05) is 36.4 Å². The molecule has 0 fully saturated rings. The zero-order chi connectivity index (χ0) is 21.8. The van der Waals surface area contributed by atoms with Crippen LogP contribution < -0.4 is 5.32 Å². The van der Waals surface area contributed by atoms with Gasteiger partial charge in [-0.2, -0.15) is 0 Å². The summed E-state index contributed by atoms with van der Waals surface area (Å²) in [6, 6.07) is 14.7. The van der Waals surface area contributed by atoms with E-state index in [0.717, 1.165) is 27.2 Å². The van der Waals surface area contributed by atoms with Crippen molar-refractivity contribution >= 4 is 18.0 Å². The minimum Gasteiger partial charge on any atom is -0.480 e. The van der Waals surface area contributed by atoms with Crippen molar-refractivity contribution in [3.05, 3.63) is 59.7 Å². The highest BCUT2D eigenvalue weighted by Crippen LogP contribution is 2.44. The fourth-order valence-corrected chi connectivity index (χ4v) is 3.68. The molecule has 0 radical (unpaired) electrons. The lowest BCUT2D eigenvalue weighted by Gasteiger charge is -2.23. The summed E-state index contributed by atoms with van der Waals surface area (Å²) in [5, 5.41) is 11.7. The first-order valence-corrected chi connectivity index (χ1v) is 9.89. The molecule has 1 aliphatic rings. The van der Waals surface area contributed by atoms with Gasteiger partial charge in [0.05, 0.1) is 0 Å². The predicted molar refractivity (Wildman–Crippen MR) is 112 cm³/mol. The van der Waals surface area contributed by atoms with Crippen LogP contribution in [0.4, 0.5) is 4.79 Å². The molecule has 30 heavy (non-hydrogen) atoms. The number of rotatable bonds is 7. The average Bonchev–Trinajstić information content (AvgIpc) is 3.04. The van der Waals surface area contributed by atoms with Crippen LogP contribution in [0.2, 0.25) is 0 Å². The summed E-state index contributed by atoms with van der Waals surface area (Å²) in [5.74, 6) is -1.48. The SMILES string of the molecule is C[C@H](CC(=O)N(C)[C@@H](C)C(=O)O)NC(=O)OCC1c2ccccc2-c2ccccc21. The van der Waals surface area contributed by atoms with Gasteiger partial charge in [-0.25, -0.2) is 9.59 Å². The number of carbonyl (C=O) groups excluding carboxylic acids is 2. The highest BCUT2D eigenvalue weighted by atomic mass is 16.5. The normalized spacial score (nSPS) is 14.2. The van der Waals surface area contributed by atoms with Crippen LogP contribution in [-0.4, -0.2) is 53.7 Å². The van der Waals surface area contributed by atoms with Crippen LogP contribution in [0.1, 0.15) is 37.3 Å². The van der Waals surface area contributed by atoms with Gasteiger partial charge < -0.3 is 20.1 Å². The lowest BCUT2D eigenvalue weighted by Crippen LogP contribution is -2.43. The molecule has 0 saturated heterocycles. The van der Waals surface area contributed by atoms with E-state index in [1.165, 1.54) is 14.0 Å². The number of hydrogen-bond donors (Lipinski definition) is 2. The molecule has 2 N–H and O–H groups in total. The van der Waals surface area contributed by atoms with Gasteiger partial charge in [-0.1, -0.05) is 48.5 Å². The second kappa shape index (κ2) is 8.98. The Bertz CT molecular complexity index is 913. The summed E-state index contributed by atoms with van der Waals surface area (Å²) < 4.78 is 5.47. The standard InChI is InChI=1S/C23H26N2O5/c1-14(12-21(26)25(3)15(2)22(27)28)24-23(29)30-13-20-18-10-6-4-8-16(18)17-9-5-7-11-19(17)20/h4-11,14-15,20H,12-13H2,1-3H3,(H,24,29)(H,27,28)/t14-,15+/m1/s1. The number of benzene rings is 2. The van der Waals surface area contributed by atoms with Gasteiger partial charge in [0.15, 0.2) is 0 Å². The number of carbonyl (C=O) groups is 3. The van der Waals surface area contributed by atoms with Crippen LogP contribution in [-0.2, 0) is 14.3 Å². The Morgan fingerprint density at radius 1 is 1.03 bits per heavy atom. The summed E-state index contributed by atoms with van der Waals surface area (Å²) in [6.07, 6.45) is -0.621. The van der Waals surface area contributed by atoms with E-state index >= 15 is 0 Å². The minimum atomic E-state index is -1.08. The van der Waals surface area contributed by atoms with E-state index in [9.17, 15) is 14.4 Å². The third-order valence-corrected chi connectivity index (χ3v) is 5.52. The number of ether oxygens (including phenoxy) is 1. The number of carboxylic acid groups (broad SMARTS) is 1. The van der Waals surface area contributed by atoms with Crippen LogP contribution >= 0.6 is 0 Å². The molecule has 2 aromatic rings. The zero-order valence-corrected chi connectivity index (χ0v) is 17.3. The third kappa shape index (κ3) is 4.45. The maximum atomic E-state index is 12.3. The molecule has 0 bridgehead atoms. The average molecular weight is 410 g/mol. The number of hydrogen-bond acceptors (Lipinski definition) is 4. The van der Waals surface area contributed by atoms with Gasteiger partial charge in [0.25, 0.3) is 0 Å². The van der Waals surface area contributed by atoms with Gasteiger partial charge in [0, 0.05) is 25.4 Å². The van der Waals surface area contributed by atoms with Crippen molar-refractivity contribution in [2.45, 2.75) is 38.3 Å². The van der Waals surface area contributed by atoms with E-state index in [-0.39, 0.29) is 24.9 Å². The largest absolute Gasteiger partial charge is 0.480 e. The van der Waals surface area contributed by atoms with Gasteiger partial charge in [-0.05, 0) is 36.1 Å². The van der Waals surface area contributed by atoms with Crippen LogP contribution in [0, 0.1) is 0 Å². The topological polar surface area (TPSA) is 95.9 Å². The zero-order valence-electron chi connectivity index (χ0n) is 17.3. The molecule has 7 heteroatoms. The van der Waals surface area contributed by atoms with Gasteiger partial charge >= 0.3 is 12.1 Å². The highest BCUT2D eigenvalue weighted by molar-refractivity contribution is 5.84. The molecule has 0 aliphatic heterocycles. The second-order valence-electron chi connectivity index (χ2n) is 7.59. The van der Waals surface area contributed by atoms with E-state index in [1.54, 1.807) is 6.92 Å². The molecule has 2 atom stereocenters. The van der Waals surface area contributed by atoms with Crippen molar-refractivity contribution in [1.29, 1.82) is 0 Å². The Kier molecular flexibility index (Phi) is 6.40. The second-order valence-corrected chi connectivity index (χ2v) is 7.59. The molecule has 0 unspecified atom stereocenters. The Balaban J connectivity index is 1.56. The molecule has 0 spiro atoms. The Morgan fingerprint density at radius 2 is 1.57 bits per heavy atom. The van der Waals surface area contributed by atoms with Gasteiger partial charge in [0.2, 0.25) is 5.91 Å². The van der Waals surface area contributed by atoms with E-state index in [2.05, 4.69) is 17.4 Å². The molecular formula is C23H26N2O5. The van der Waals surface area contributed by atoms with E-state index in [4.69, 9.17) is 9.84 Å². The molecule has 158 valence electrons. The van der Waals surface area contributed by atoms with Crippen molar-refractivity contribution in [1.82, 2.24) is 10.2 Å². The predicted octanol–water partition coefficient (Wildman–Crippen LogP) is 3.24. The monoisotopic (exact) mass is 410 g/mol. The number of aliphatic carboxylic acids is 1. The number of alkyl carbamates (subject to hydrolysis) is 1. The van der Waals surface area contributed by atoms with Crippen molar-refractivity contribution < 1.29 is 24.2 Å². The quantitative estimate of drug-likeness (QED) is 0.731. The maximum Gasteiger partial charge on any atom is 0.407 e. The fraction of sp³-hybridized carbons (Fsp3) is 0.348. The summed E-state index contributed by atoms with van der Waals surface area (Å²) in [6.45, 7) is 3.30. The number of nitrogens with one attached hydrogen (secondary N) is 1. The van der Waals surface area contributed by atoms with Crippen LogP contribution in [0.3, 0.4) is 0 Å². The summed E-state index contributed by atoms with van der Waals surface area (Å²) >= 11 is 0. The molecule has 0 heterocycles. The van der Waals surface area contributed by atoms with E-state index in [0.29, 0.717) is 0 Å². The first-order chi connectivity index (χ1) is 14.3. The Hall–Kier alpha value is -3.35. The van der Waals surface area contributed by atoms with Gasteiger partial charge in [-0.15, -0.1) is 0 Å². The number of carboxylic acids is 1. The summed E-state index contributed by atoms with van der Waals surface area (Å²) in [7, 11) is 1.43. The molecule has 2 aromatic carbocycles. The summed E-state index contributed by atoms with van der Waals surface area (Å²) in [5.41, 5.74) is 4.55. The molecule has 3 rings (SSSR count). The molecule has 0 saturated carbocycles. The first kappa shape index (κ1) is 21.4. The van der Waals surface area contributed by atoms with Crippen molar-refractivity contribution in [2.75, 3.05) is 13.7 Å². The lowest BCUT2D eigenvalue weighted by atomic mass is 9.98. The highest BCUT2D eigenvalue weighted by Gasteiger charge is 2.29. The van der Waals surface area contributed by atoms with Crippen molar-refractivity contribution in [3.63, 3.8) is 0 Å². The fourth-order valence-electron chi connectivity index (χ4n) is 3.68. The van der Waals surface area contributed by atoms with Gasteiger partial charge in [-0.3, -0.25) is 4.79 Å². The van der Waals surface area contributed by atoms with Crippen LogP contribution in [0.15, 0.2) is 48.5 Å². The number of nitrogens with zero attached hydrogens (tertiary/aromatic N) is 1. The van der Waals surface area contributed by atoms with Crippen molar-refractivity contribution in [3.8, 4) is 11.1 Å². The Labute approximate surface area is 175 Å². The number of fused-ring (bicyclic) bond motifs is 3. The lowest BCUT2D eigenvalue weighted by molar-refractivity contribution is -0.148. The molecule has 2 amide bonds. The number of likely N-dealkylation sites (N-methyl/N-ethyl adjacent to an activating group) is 1. The van der Waals surface area contributed by atoms with E-state index < -0.39 is 24.1 Å². The molecule has 1 aliphatic carbocycles. The minimum absolute atomic E-state index is 0.0156. The third-order valence-electron chi connectivity index (χ3n) is 5.52. The van der Waals surface area contributed by atoms with Crippen molar-refractivity contribution in [2.24, 2.45) is 0 Å². The molecular weight excluding hydrogens is 384 g/mol. The summed E-state index contributed by atoms with van der Waals surface area (Å²) in [4.78, 5) is 36.6. The van der Waals surface area contributed by atoms with Crippen LogP contribution in [0.25, 0.3) is 11.1 Å². The van der Waals surface area contributed by atoms with Gasteiger partial charge in [0.1, 0.15) is 12.6 Å². The van der Waals surface area contributed by atoms with Crippen LogP contribution in [0.5, 0.6) is 0 Å².